The van der Waals surface area contributed by atoms with E-state index in [1.165, 1.54) is 36.4 Å². The SMILES string of the molecule is O=C(O)c1ccc(CN([C@]2(C(=O)O)C[C@H]2c2ccccc2)S(=O)(=O)c2ccc(-c3ccc(Cl)cc3)cc2)cc1. The first-order valence-corrected chi connectivity index (χ1v) is 13.9. The Hall–Kier alpha value is -3.98. The van der Waals surface area contributed by atoms with E-state index in [2.05, 4.69) is 0 Å². The summed E-state index contributed by atoms with van der Waals surface area (Å²) >= 11 is 5.98. The summed E-state index contributed by atoms with van der Waals surface area (Å²) in [6.45, 7) is -0.239. The summed E-state index contributed by atoms with van der Waals surface area (Å²) in [6, 6.07) is 28.2. The largest absolute Gasteiger partial charge is 0.480 e. The van der Waals surface area contributed by atoms with Crippen LogP contribution in [0.2, 0.25) is 5.02 Å². The van der Waals surface area contributed by atoms with Crippen LogP contribution in [-0.4, -0.2) is 40.4 Å². The smallest absolute Gasteiger partial charge is 0.335 e. The van der Waals surface area contributed by atoms with Crippen LogP contribution in [0.4, 0.5) is 0 Å². The Morgan fingerprint density at radius 2 is 1.38 bits per heavy atom. The van der Waals surface area contributed by atoms with Gasteiger partial charge in [0.2, 0.25) is 10.0 Å². The van der Waals surface area contributed by atoms with Crippen molar-refractivity contribution in [1.82, 2.24) is 4.31 Å². The fraction of sp³-hybridized carbons (Fsp3) is 0.133. The molecule has 0 spiro atoms. The summed E-state index contributed by atoms with van der Waals surface area (Å²) in [5.74, 6) is -2.89. The van der Waals surface area contributed by atoms with Crippen molar-refractivity contribution in [3.05, 3.63) is 125 Å². The van der Waals surface area contributed by atoms with Crippen molar-refractivity contribution in [3.63, 3.8) is 0 Å². The number of rotatable bonds is 9. The molecule has 5 rings (SSSR count). The van der Waals surface area contributed by atoms with Crippen LogP contribution in [0.15, 0.2) is 108 Å². The van der Waals surface area contributed by atoms with Gasteiger partial charge in [0.1, 0.15) is 5.54 Å². The molecule has 1 fully saturated rings. The van der Waals surface area contributed by atoms with Gasteiger partial charge < -0.3 is 10.2 Å². The first kappa shape index (κ1) is 26.6. The Morgan fingerprint density at radius 1 is 0.821 bits per heavy atom. The van der Waals surface area contributed by atoms with Gasteiger partial charge in [-0.2, -0.15) is 4.31 Å². The van der Waals surface area contributed by atoms with Gasteiger partial charge in [-0.15, -0.1) is 0 Å². The van der Waals surface area contributed by atoms with Gasteiger partial charge in [-0.25, -0.2) is 13.2 Å². The lowest BCUT2D eigenvalue weighted by Crippen LogP contribution is -2.48. The van der Waals surface area contributed by atoms with E-state index >= 15 is 0 Å². The van der Waals surface area contributed by atoms with Gasteiger partial charge in [-0.05, 0) is 65.1 Å². The van der Waals surface area contributed by atoms with Gasteiger partial charge in [0.15, 0.2) is 0 Å². The van der Waals surface area contributed by atoms with E-state index in [0.717, 1.165) is 21.0 Å². The molecule has 2 atom stereocenters. The molecule has 2 N–H and O–H groups in total. The Balaban J connectivity index is 1.56. The van der Waals surface area contributed by atoms with Gasteiger partial charge in [0.05, 0.1) is 10.5 Å². The summed E-state index contributed by atoms with van der Waals surface area (Å²) in [6.07, 6.45) is 0.113. The monoisotopic (exact) mass is 561 g/mol. The van der Waals surface area contributed by atoms with Crippen molar-refractivity contribution in [2.24, 2.45) is 0 Å². The van der Waals surface area contributed by atoms with Crippen molar-refractivity contribution >= 4 is 33.6 Å². The average molecular weight is 562 g/mol. The van der Waals surface area contributed by atoms with E-state index in [0.29, 0.717) is 10.6 Å². The highest BCUT2D eigenvalue weighted by atomic mass is 35.5. The van der Waals surface area contributed by atoms with Gasteiger partial charge >= 0.3 is 11.9 Å². The molecule has 0 heterocycles. The van der Waals surface area contributed by atoms with E-state index in [9.17, 15) is 28.2 Å². The molecule has 0 aliphatic heterocycles. The lowest BCUT2D eigenvalue weighted by molar-refractivity contribution is -0.143. The Morgan fingerprint density at radius 3 is 1.92 bits per heavy atom. The van der Waals surface area contributed by atoms with Gasteiger partial charge in [-0.3, -0.25) is 4.79 Å². The van der Waals surface area contributed by atoms with Crippen molar-refractivity contribution in [2.75, 3.05) is 0 Å². The molecule has 39 heavy (non-hydrogen) atoms. The zero-order valence-corrected chi connectivity index (χ0v) is 22.1. The van der Waals surface area contributed by atoms with Crippen LogP contribution >= 0.6 is 11.6 Å². The highest BCUT2D eigenvalue weighted by Gasteiger charge is 2.67. The highest BCUT2D eigenvalue weighted by molar-refractivity contribution is 7.89. The molecule has 1 aliphatic rings. The Labute approximate surface area is 231 Å². The molecule has 1 aliphatic carbocycles. The fourth-order valence-electron chi connectivity index (χ4n) is 4.90. The van der Waals surface area contributed by atoms with Gasteiger partial charge in [0, 0.05) is 17.5 Å². The molecule has 198 valence electrons. The van der Waals surface area contributed by atoms with E-state index in [1.54, 1.807) is 48.5 Å². The standard InChI is InChI=1S/C30H24ClNO6S/c31-25-14-10-21(11-15-25)22-12-16-26(17-13-22)39(37,38)32(19-20-6-8-24(9-7-20)28(33)34)30(29(35)36)18-27(30)23-4-2-1-3-5-23/h1-17,27H,18-19H2,(H,33,34)(H,35,36)/t27-,30+/m0/s1. The van der Waals surface area contributed by atoms with Crippen LogP contribution in [0, 0.1) is 0 Å². The van der Waals surface area contributed by atoms with Crippen LogP contribution in [0.5, 0.6) is 0 Å². The first-order valence-electron chi connectivity index (χ1n) is 12.1. The topological polar surface area (TPSA) is 112 Å². The maximum atomic E-state index is 14.1. The zero-order chi connectivity index (χ0) is 27.8. The average Bonchev–Trinajstić information content (AvgIpc) is 3.70. The van der Waals surface area contributed by atoms with E-state index in [1.807, 2.05) is 18.2 Å². The number of halogens is 1. The van der Waals surface area contributed by atoms with Crippen molar-refractivity contribution in [1.29, 1.82) is 0 Å². The Bertz CT molecular complexity index is 1620. The van der Waals surface area contributed by atoms with Gasteiger partial charge in [-0.1, -0.05) is 78.3 Å². The maximum Gasteiger partial charge on any atom is 0.335 e. The number of sulfonamides is 1. The molecule has 1 saturated carbocycles. The second-order valence-corrected chi connectivity index (χ2v) is 11.7. The molecule has 0 aromatic heterocycles. The van der Waals surface area contributed by atoms with Crippen molar-refractivity contribution < 1.29 is 28.2 Å². The van der Waals surface area contributed by atoms with E-state index < -0.39 is 33.4 Å². The predicted octanol–water partition coefficient (Wildman–Crippen LogP) is 5.91. The number of benzene rings is 4. The van der Waals surface area contributed by atoms with Crippen molar-refractivity contribution in [2.45, 2.75) is 29.3 Å². The fourth-order valence-corrected chi connectivity index (χ4v) is 6.79. The molecule has 7 nitrogen and oxygen atoms in total. The summed E-state index contributed by atoms with van der Waals surface area (Å²) in [5.41, 5.74) is 1.20. The quantitative estimate of drug-likeness (QED) is 0.263. The second kappa shape index (κ2) is 10.3. The number of hydrogen-bond acceptors (Lipinski definition) is 4. The normalized spacial score (nSPS) is 18.6. The van der Waals surface area contributed by atoms with Crippen LogP contribution in [0.1, 0.15) is 33.8 Å². The maximum absolute atomic E-state index is 14.1. The zero-order valence-electron chi connectivity index (χ0n) is 20.6. The minimum atomic E-state index is -4.30. The molecular weight excluding hydrogens is 538 g/mol. The summed E-state index contributed by atoms with van der Waals surface area (Å²) in [7, 11) is -4.30. The minimum Gasteiger partial charge on any atom is -0.480 e. The summed E-state index contributed by atoms with van der Waals surface area (Å²) in [4.78, 5) is 24.0. The summed E-state index contributed by atoms with van der Waals surface area (Å²) in [5, 5.41) is 20.3. The molecule has 0 radical (unpaired) electrons. The molecule has 0 saturated heterocycles. The van der Waals surface area contributed by atoms with E-state index in [4.69, 9.17) is 11.6 Å². The van der Waals surface area contributed by atoms with Crippen LogP contribution in [0.3, 0.4) is 0 Å². The molecule has 0 amide bonds. The molecule has 4 aromatic carbocycles. The molecular formula is C30H24ClNO6S. The number of carboxylic acids is 2. The molecule has 9 heteroatoms. The van der Waals surface area contributed by atoms with Crippen LogP contribution in [0.25, 0.3) is 11.1 Å². The third-order valence-corrected chi connectivity index (χ3v) is 9.25. The summed E-state index contributed by atoms with van der Waals surface area (Å²) < 4.78 is 29.3. The number of aromatic carboxylic acids is 1. The number of aliphatic carboxylic acids is 1. The lowest BCUT2D eigenvalue weighted by atomic mass is 10.1. The number of nitrogens with zero attached hydrogens (tertiary/aromatic N) is 1. The third-order valence-electron chi connectivity index (χ3n) is 7.10. The molecule has 0 bridgehead atoms. The lowest BCUT2D eigenvalue weighted by Gasteiger charge is -2.30. The minimum absolute atomic E-state index is 0.0401. The van der Waals surface area contributed by atoms with Crippen LogP contribution in [-0.2, 0) is 21.4 Å². The van der Waals surface area contributed by atoms with Crippen molar-refractivity contribution in [3.8, 4) is 11.1 Å². The third kappa shape index (κ3) is 5.06. The Kier molecular flexibility index (Phi) is 7.03. The molecule has 4 aromatic rings. The van der Waals surface area contributed by atoms with E-state index in [-0.39, 0.29) is 23.4 Å². The predicted molar refractivity (Wildman–Crippen MR) is 147 cm³/mol. The van der Waals surface area contributed by atoms with Gasteiger partial charge in [0.25, 0.3) is 0 Å². The second-order valence-electron chi connectivity index (χ2n) is 9.44. The number of carbonyl (C=O) groups is 2. The highest BCUT2D eigenvalue weighted by Crippen LogP contribution is 2.57. The van der Waals surface area contributed by atoms with Crippen LogP contribution < -0.4 is 0 Å². The number of hydrogen-bond donors (Lipinski definition) is 2. The first-order chi connectivity index (χ1) is 18.6. The number of carboxylic acid groups (broad SMARTS) is 2. The molecule has 0 unspecified atom stereocenters.